The van der Waals surface area contributed by atoms with Crippen LogP contribution in [-0.2, 0) is 0 Å². The number of thioether (sulfide) groups is 1. The lowest BCUT2D eigenvalue weighted by Gasteiger charge is -2.17. The first kappa shape index (κ1) is 14.0. The molecule has 0 nitrogen and oxygen atoms in total. The minimum absolute atomic E-state index is 0.470. The van der Waals surface area contributed by atoms with Gasteiger partial charge in [0.2, 0.25) is 0 Å². The van der Waals surface area contributed by atoms with Crippen LogP contribution in [0.2, 0.25) is 0 Å². The van der Waals surface area contributed by atoms with Crippen molar-refractivity contribution in [1.29, 1.82) is 0 Å². The third kappa shape index (κ3) is 4.06. The van der Waals surface area contributed by atoms with Gasteiger partial charge in [-0.1, -0.05) is 29.8 Å². The molecule has 0 saturated heterocycles. The smallest absolute Gasteiger partial charge is 0.139 e. The second kappa shape index (κ2) is 6.60. The molecule has 1 aromatic rings. The van der Waals surface area contributed by atoms with Crippen molar-refractivity contribution in [2.75, 3.05) is 11.1 Å². The molecule has 1 rings (SSSR count). The van der Waals surface area contributed by atoms with E-state index in [0.29, 0.717) is 16.7 Å². The average Bonchev–Trinajstić information content (AvgIpc) is 2.21. The largest absolute Gasteiger partial charge is 0.207 e. The third-order valence-corrected chi connectivity index (χ3v) is 4.56. The summed E-state index contributed by atoms with van der Waals surface area (Å²) in [5, 5.41) is 0.903. The molecule has 0 saturated carbocycles. The summed E-state index contributed by atoms with van der Waals surface area (Å²) in [6, 6.07) is 3.73. The lowest BCUT2D eigenvalue weighted by molar-refractivity contribution is 0.474. The molecule has 0 N–H and O–H groups in total. The minimum atomic E-state index is -0.525. The van der Waals surface area contributed by atoms with Crippen LogP contribution < -0.4 is 0 Å². The highest BCUT2D eigenvalue weighted by atomic mass is 79.9. The molecule has 0 aliphatic rings. The molecule has 0 aromatic heterocycles. The number of alkyl halides is 1. The molecule has 0 heterocycles. The SMILES string of the molecule is CC(C)C(CBr)CSc1ccc(F)cc1F. The number of hydrogen-bond donors (Lipinski definition) is 0. The number of rotatable bonds is 5. The maximum atomic E-state index is 13.3. The fraction of sp³-hybridized carbons (Fsp3) is 0.500. The second-order valence-corrected chi connectivity index (χ2v) is 5.75. The van der Waals surface area contributed by atoms with Crippen molar-refractivity contribution in [3.05, 3.63) is 29.8 Å². The third-order valence-electron chi connectivity index (χ3n) is 2.49. The second-order valence-electron chi connectivity index (χ2n) is 4.04. The van der Waals surface area contributed by atoms with Crippen molar-refractivity contribution in [1.82, 2.24) is 0 Å². The Morgan fingerprint density at radius 1 is 1.31 bits per heavy atom. The quantitative estimate of drug-likeness (QED) is 0.560. The van der Waals surface area contributed by atoms with Gasteiger partial charge in [0, 0.05) is 22.0 Å². The molecule has 1 unspecified atom stereocenters. The zero-order valence-electron chi connectivity index (χ0n) is 9.34. The summed E-state index contributed by atoms with van der Waals surface area (Å²) in [5.74, 6) is 0.889. The Balaban J connectivity index is 2.60. The molecule has 0 amide bonds. The summed E-state index contributed by atoms with van der Waals surface area (Å²) in [4.78, 5) is 0.521. The summed E-state index contributed by atoms with van der Waals surface area (Å²) in [5.41, 5.74) is 0. The number of benzene rings is 1. The van der Waals surface area contributed by atoms with Crippen LogP contribution >= 0.6 is 27.7 Å². The molecule has 0 bridgehead atoms. The van der Waals surface area contributed by atoms with Crippen LogP contribution in [0.4, 0.5) is 8.78 Å². The van der Waals surface area contributed by atoms with E-state index in [1.54, 1.807) is 0 Å². The molecule has 0 fully saturated rings. The Labute approximate surface area is 108 Å². The van der Waals surface area contributed by atoms with E-state index in [4.69, 9.17) is 0 Å². The standard InChI is InChI=1S/C12H15BrF2S/c1-8(2)9(6-13)7-16-12-4-3-10(14)5-11(12)15/h3-5,8-9H,6-7H2,1-2H3. The van der Waals surface area contributed by atoms with Gasteiger partial charge in [-0.15, -0.1) is 11.8 Å². The first-order valence-corrected chi connectivity index (χ1v) is 7.29. The predicted octanol–water partition coefficient (Wildman–Crippen LogP) is 4.72. The molecule has 0 aliphatic carbocycles. The molecule has 0 spiro atoms. The van der Waals surface area contributed by atoms with Gasteiger partial charge in [0.25, 0.3) is 0 Å². The van der Waals surface area contributed by atoms with Crippen molar-refractivity contribution >= 4 is 27.7 Å². The highest BCUT2D eigenvalue weighted by Crippen LogP contribution is 2.27. The fourth-order valence-corrected chi connectivity index (χ4v) is 3.74. The van der Waals surface area contributed by atoms with Crippen LogP contribution in [0.5, 0.6) is 0 Å². The maximum Gasteiger partial charge on any atom is 0.139 e. The topological polar surface area (TPSA) is 0 Å². The fourth-order valence-electron chi connectivity index (χ4n) is 1.20. The number of hydrogen-bond acceptors (Lipinski definition) is 1. The number of halogens is 3. The predicted molar refractivity (Wildman–Crippen MR) is 69.2 cm³/mol. The Kier molecular flexibility index (Phi) is 5.76. The monoisotopic (exact) mass is 308 g/mol. The lowest BCUT2D eigenvalue weighted by Crippen LogP contribution is -2.13. The van der Waals surface area contributed by atoms with E-state index < -0.39 is 11.6 Å². The van der Waals surface area contributed by atoms with E-state index in [1.807, 2.05) is 0 Å². The van der Waals surface area contributed by atoms with Crippen molar-refractivity contribution in [2.24, 2.45) is 11.8 Å². The highest BCUT2D eigenvalue weighted by molar-refractivity contribution is 9.09. The van der Waals surface area contributed by atoms with E-state index in [0.717, 1.165) is 17.1 Å². The van der Waals surface area contributed by atoms with E-state index in [9.17, 15) is 8.78 Å². The van der Waals surface area contributed by atoms with Gasteiger partial charge in [-0.25, -0.2) is 8.78 Å². The van der Waals surface area contributed by atoms with Gasteiger partial charge >= 0.3 is 0 Å². The zero-order valence-corrected chi connectivity index (χ0v) is 11.7. The Hall–Kier alpha value is -0.0900. The van der Waals surface area contributed by atoms with Gasteiger partial charge in [-0.2, -0.15) is 0 Å². The van der Waals surface area contributed by atoms with Crippen LogP contribution in [0.25, 0.3) is 0 Å². The summed E-state index contributed by atoms with van der Waals surface area (Å²) < 4.78 is 26.0. The van der Waals surface area contributed by atoms with Crippen LogP contribution in [0.3, 0.4) is 0 Å². The van der Waals surface area contributed by atoms with Gasteiger partial charge in [0.05, 0.1) is 0 Å². The lowest BCUT2D eigenvalue weighted by atomic mass is 10.0. The van der Waals surface area contributed by atoms with Crippen LogP contribution in [0.1, 0.15) is 13.8 Å². The molecule has 90 valence electrons. The van der Waals surface area contributed by atoms with Gasteiger partial charge in [0.1, 0.15) is 11.6 Å². The van der Waals surface area contributed by atoms with Crippen LogP contribution in [0, 0.1) is 23.5 Å². The van der Waals surface area contributed by atoms with Gasteiger partial charge < -0.3 is 0 Å². The summed E-state index contributed by atoms with van der Waals surface area (Å²) in [6.45, 7) is 4.29. The zero-order chi connectivity index (χ0) is 12.1. The summed E-state index contributed by atoms with van der Waals surface area (Å²) in [7, 11) is 0. The normalized spacial score (nSPS) is 13.1. The molecule has 1 atom stereocenters. The van der Waals surface area contributed by atoms with Crippen molar-refractivity contribution in [2.45, 2.75) is 18.7 Å². The Morgan fingerprint density at radius 3 is 2.50 bits per heavy atom. The average molecular weight is 309 g/mol. The van der Waals surface area contributed by atoms with Gasteiger partial charge in [-0.05, 0) is 24.0 Å². The minimum Gasteiger partial charge on any atom is -0.207 e. The van der Waals surface area contributed by atoms with Gasteiger partial charge in [0.15, 0.2) is 0 Å². The van der Waals surface area contributed by atoms with Crippen molar-refractivity contribution in [3.63, 3.8) is 0 Å². The van der Waals surface area contributed by atoms with Crippen LogP contribution in [0.15, 0.2) is 23.1 Å². The van der Waals surface area contributed by atoms with E-state index >= 15 is 0 Å². The molecule has 4 heteroatoms. The molecular weight excluding hydrogens is 294 g/mol. The van der Waals surface area contributed by atoms with E-state index in [-0.39, 0.29) is 0 Å². The Bertz CT molecular complexity index is 342. The molecule has 16 heavy (non-hydrogen) atoms. The van der Waals surface area contributed by atoms with Crippen molar-refractivity contribution < 1.29 is 8.78 Å². The Morgan fingerprint density at radius 2 is 2.00 bits per heavy atom. The van der Waals surface area contributed by atoms with Crippen LogP contribution in [-0.4, -0.2) is 11.1 Å². The molecule has 0 radical (unpaired) electrons. The van der Waals surface area contributed by atoms with E-state index in [2.05, 4.69) is 29.8 Å². The summed E-state index contributed by atoms with van der Waals surface area (Å²) in [6.07, 6.45) is 0. The maximum absolute atomic E-state index is 13.3. The summed E-state index contributed by atoms with van der Waals surface area (Å²) >= 11 is 4.90. The molecule has 0 aliphatic heterocycles. The first-order valence-electron chi connectivity index (χ1n) is 5.18. The molecular formula is C12H15BrF2S. The van der Waals surface area contributed by atoms with Crippen molar-refractivity contribution in [3.8, 4) is 0 Å². The highest BCUT2D eigenvalue weighted by Gasteiger charge is 2.13. The first-order chi connectivity index (χ1) is 7.54. The van der Waals surface area contributed by atoms with E-state index in [1.165, 1.54) is 23.9 Å². The van der Waals surface area contributed by atoms with Gasteiger partial charge in [-0.3, -0.25) is 0 Å². The molecule has 1 aromatic carbocycles.